The molecule has 0 unspecified atom stereocenters. The van der Waals surface area contributed by atoms with Gasteiger partial charge in [-0.1, -0.05) is 44.4 Å². The number of unbranched alkanes of at least 4 members (excludes halogenated alkanes) is 3. The first-order valence-corrected chi connectivity index (χ1v) is 8.18. The summed E-state index contributed by atoms with van der Waals surface area (Å²) in [7, 11) is 0. The van der Waals surface area contributed by atoms with Gasteiger partial charge in [-0.15, -0.1) is 0 Å². The molecule has 3 rings (SSSR count). The van der Waals surface area contributed by atoms with Gasteiger partial charge in [0.1, 0.15) is 0 Å². The maximum Gasteiger partial charge on any atom is 0.230 e. The quantitative estimate of drug-likeness (QED) is 0.804. The Labute approximate surface area is 131 Å². The molecule has 0 bridgehead atoms. The van der Waals surface area contributed by atoms with Crippen molar-refractivity contribution < 1.29 is 0 Å². The number of guanidine groups is 1. The van der Waals surface area contributed by atoms with Gasteiger partial charge in [0.05, 0.1) is 17.8 Å². The predicted molar refractivity (Wildman–Crippen MR) is 91.3 cm³/mol. The fraction of sp³-hybridized carbons (Fsp3) is 0.471. The molecule has 22 heavy (non-hydrogen) atoms. The number of anilines is 1. The van der Waals surface area contributed by atoms with Crippen LogP contribution in [0.1, 0.15) is 38.3 Å². The molecule has 1 aliphatic rings. The molecule has 1 aliphatic heterocycles. The molecule has 2 N–H and O–H groups in total. The molecule has 2 aromatic rings. The van der Waals surface area contributed by atoms with E-state index in [4.69, 9.17) is 4.98 Å². The average Bonchev–Trinajstić information content (AvgIpc) is 3.04. The molecule has 116 valence electrons. The standard InChI is InChI=1S/C17H23N5/c1-2-3-4-5-9-14-13-8-6-7-10-15(13)21-17(20-14)22-16-18-11-12-19-16/h6-8,10H,2-5,9,11-12H2,1H3,(H2,18,19,20,21,22). The summed E-state index contributed by atoms with van der Waals surface area (Å²) in [6.45, 7) is 3.91. The fourth-order valence-corrected chi connectivity index (χ4v) is 2.70. The first-order chi connectivity index (χ1) is 10.9. The Morgan fingerprint density at radius 3 is 2.86 bits per heavy atom. The number of hydrogen-bond donors (Lipinski definition) is 2. The molecular weight excluding hydrogens is 274 g/mol. The van der Waals surface area contributed by atoms with Crippen molar-refractivity contribution in [2.24, 2.45) is 4.99 Å². The second kappa shape index (κ2) is 7.20. The zero-order chi connectivity index (χ0) is 15.2. The van der Waals surface area contributed by atoms with Crippen LogP contribution in [-0.2, 0) is 6.42 Å². The van der Waals surface area contributed by atoms with Crippen LogP contribution in [0.5, 0.6) is 0 Å². The van der Waals surface area contributed by atoms with Crippen LogP contribution in [0.4, 0.5) is 5.95 Å². The molecule has 5 heteroatoms. The Kier molecular flexibility index (Phi) is 4.83. The SMILES string of the molecule is CCCCCCc1nc(NC2=NCCN2)nc2ccccc12. The molecule has 0 atom stereocenters. The van der Waals surface area contributed by atoms with Crippen molar-refractivity contribution in [3.8, 4) is 0 Å². The van der Waals surface area contributed by atoms with E-state index in [2.05, 4.69) is 39.7 Å². The summed E-state index contributed by atoms with van der Waals surface area (Å²) in [5.41, 5.74) is 2.12. The van der Waals surface area contributed by atoms with Gasteiger partial charge in [-0.2, -0.15) is 0 Å². The van der Waals surface area contributed by atoms with Crippen molar-refractivity contribution in [3.05, 3.63) is 30.0 Å². The van der Waals surface area contributed by atoms with Crippen LogP contribution in [0.15, 0.2) is 29.3 Å². The van der Waals surface area contributed by atoms with Crippen molar-refractivity contribution in [2.45, 2.75) is 39.0 Å². The number of fused-ring (bicyclic) bond motifs is 1. The third-order valence-corrected chi connectivity index (χ3v) is 3.85. The summed E-state index contributed by atoms with van der Waals surface area (Å²) in [6, 6.07) is 8.23. The lowest BCUT2D eigenvalue weighted by molar-refractivity contribution is 0.662. The molecule has 0 fully saturated rings. The number of nitrogens with one attached hydrogen (secondary N) is 2. The Morgan fingerprint density at radius 2 is 2.05 bits per heavy atom. The molecule has 5 nitrogen and oxygen atoms in total. The van der Waals surface area contributed by atoms with Crippen LogP contribution in [0.2, 0.25) is 0 Å². The first kappa shape index (κ1) is 14.8. The Balaban J connectivity index is 1.83. The molecule has 0 saturated heterocycles. The minimum absolute atomic E-state index is 0.636. The lowest BCUT2D eigenvalue weighted by Crippen LogP contribution is -2.27. The normalized spacial score (nSPS) is 14.0. The Hall–Kier alpha value is -2.17. The van der Waals surface area contributed by atoms with E-state index in [0.717, 1.165) is 42.1 Å². The molecule has 0 aliphatic carbocycles. The van der Waals surface area contributed by atoms with Crippen LogP contribution in [0.25, 0.3) is 10.9 Å². The number of benzene rings is 1. The van der Waals surface area contributed by atoms with E-state index in [1.807, 2.05) is 12.1 Å². The van der Waals surface area contributed by atoms with Crippen molar-refractivity contribution in [2.75, 3.05) is 18.4 Å². The number of nitrogens with zero attached hydrogens (tertiary/aromatic N) is 3. The van der Waals surface area contributed by atoms with Crippen molar-refractivity contribution in [1.82, 2.24) is 15.3 Å². The number of aromatic nitrogens is 2. The monoisotopic (exact) mass is 297 g/mol. The van der Waals surface area contributed by atoms with Gasteiger partial charge >= 0.3 is 0 Å². The summed E-state index contributed by atoms with van der Waals surface area (Å²) >= 11 is 0. The van der Waals surface area contributed by atoms with E-state index in [-0.39, 0.29) is 0 Å². The molecule has 0 saturated carbocycles. The van der Waals surface area contributed by atoms with E-state index in [1.165, 1.54) is 25.7 Å². The van der Waals surface area contributed by atoms with Crippen LogP contribution in [-0.4, -0.2) is 29.0 Å². The number of para-hydroxylation sites is 1. The van der Waals surface area contributed by atoms with Crippen molar-refractivity contribution in [1.29, 1.82) is 0 Å². The van der Waals surface area contributed by atoms with E-state index in [1.54, 1.807) is 0 Å². The second-order valence-electron chi connectivity index (χ2n) is 5.60. The zero-order valence-corrected chi connectivity index (χ0v) is 13.1. The number of aliphatic imine (C=N–C) groups is 1. The molecule has 2 heterocycles. The maximum absolute atomic E-state index is 4.72. The summed E-state index contributed by atoms with van der Waals surface area (Å²) in [5, 5.41) is 7.54. The largest absolute Gasteiger partial charge is 0.354 e. The molecule has 0 amide bonds. The summed E-state index contributed by atoms with van der Waals surface area (Å²) < 4.78 is 0. The Bertz CT molecular complexity index is 665. The highest BCUT2D eigenvalue weighted by atomic mass is 15.3. The summed E-state index contributed by atoms with van der Waals surface area (Å²) in [6.07, 6.45) is 5.97. The van der Waals surface area contributed by atoms with E-state index >= 15 is 0 Å². The third kappa shape index (κ3) is 3.53. The lowest BCUT2D eigenvalue weighted by atomic mass is 10.1. The van der Waals surface area contributed by atoms with Gasteiger partial charge in [0.25, 0.3) is 0 Å². The highest BCUT2D eigenvalue weighted by molar-refractivity contribution is 5.94. The topological polar surface area (TPSA) is 62.2 Å². The van der Waals surface area contributed by atoms with E-state index in [0.29, 0.717) is 5.95 Å². The van der Waals surface area contributed by atoms with Crippen LogP contribution in [0.3, 0.4) is 0 Å². The Morgan fingerprint density at radius 1 is 1.14 bits per heavy atom. The van der Waals surface area contributed by atoms with E-state index in [9.17, 15) is 0 Å². The molecule has 1 aromatic heterocycles. The van der Waals surface area contributed by atoms with Crippen LogP contribution >= 0.6 is 0 Å². The van der Waals surface area contributed by atoms with Crippen molar-refractivity contribution in [3.63, 3.8) is 0 Å². The minimum Gasteiger partial charge on any atom is -0.354 e. The summed E-state index contributed by atoms with van der Waals surface area (Å²) in [5.74, 6) is 1.41. The van der Waals surface area contributed by atoms with Gasteiger partial charge < -0.3 is 5.32 Å². The maximum atomic E-state index is 4.72. The molecule has 0 radical (unpaired) electrons. The highest BCUT2D eigenvalue weighted by Gasteiger charge is 2.10. The first-order valence-electron chi connectivity index (χ1n) is 8.18. The minimum atomic E-state index is 0.636. The number of aryl methyl sites for hydroxylation is 1. The van der Waals surface area contributed by atoms with Gasteiger partial charge in [0.15, 0.2) is 5.96 Å². The fourth-order valence-electron chi connectivity index (χ4n) is 2.70. The number of hydrogen-bond acceptors (Lipinski definition) is 5. The highest BCUT2D eigenvalue weighted by Crippen LogP contribution is 2.19. The summed E-state index contributed by atoms with van der Waals surface area (Å²) in [4.78, 5) is 13.7. The molecule has 0 spiro atoms. The second-order valence-corrected chi connectivity index (χ2v) is 5.60. The smallest absolute Gasteiger partial charge is 0.230 e. The van der Waals surface area contributed by atoms with Gasteiger partial charge in [-0.3, -0.25) is 10.3 Å². The van der Waals surface area contributed by atoms with Crippen LogP contribution in [0, 0.1) is 0 Å². The van der Waals surface area contributed by atoms with Gasteiger partial charge in [-0.25, -0.2) is 9.97 Å². The van der Waals surface area contributed by atoms with E-state index < -0.39 is 0 Å². The average molecular weight is 297 g/mol. The van der Waals surface area contributed by atoms with Gasteiger partial charge in [0.2, 0.25) is 5.95 Å². The molecule has 1 aromatic carbocycles. The number of rotatable bonds is 6. The zero-order valence-electron chi connectivity index (χ0n) is 13.1. The van der Waals surface area contributed by atoms with Crippen molar-refractivity contribution >= 4 is 22.8 Å². The van der Waals surface area contributed by atoms with Gasteiger partial charge in [-0.05, 0) is 18.9 Å². The lowest BCUT2D eigenvalue weighted by Gasteiger charge is -2.10. The van der Waals surface area contributed by atoms with Gasteiger partial charge in [0, 0.05) is 11.9 Å². The molecular formula is C17H23N5. The third-order valence-electron chi connectivity index (χ3n) is 3.85. The van der Waals surface area contributed by atoms with Crippen LogP contribution < -0.4 is 10.6 Å². The predicted octanol–water partition coefficient (Wildman–Crippen LogP) is 3.12.